The second kappa shape index (κ2) is 2.46. The quantitative estimate of drug-likeness (QED) is 0.439. The Balaban J connectivity index is 4.03. The van der Waals surface area contributed by atoms with Gasteiger partial charge in [-0.3, -0.25) is 0 Å². The van der Waals surface area contributed by atoms with Crippen LogP contribution < -0.4 is 0 Å². The third-order valence-corrected chi connectivity index (χ3v) is 1.05. The first kappa shape index (κ1) is 7.91. The number of allylic oxidation sites excluding steroid dienone is 1. The van der Waals surface area contributed by atoms with E-state index in [2.05, 4.69) is 0 Å². The maximum Gasteiger partial charge on any atom is 0.315 e. The lowest BCUT2D eigenvalue weighted by Crippen LogP contribution is -2.27. The Bertz CT molecular complexity index is 102. The third kappa shape index (κ3) is 2.28. The largest absolute Gasteiger partial charge is 0.339 e. The smallest absolute Gasteiger partial charge is 0.315 e. The summed E-state index contributed by atoms with van der Waals surface area (Å²) in [6.45, 7) is 1.47. The van der Waals surface area contributed by atoms with Crippen molar-refractivity contribution in [2.45, 2.75) is 12.9 Å². The first-order chi connectivity index (χ1) is 3.48. The van der Waals surface area contributed by atoms with E-state index in [9.17, 15) is 0 Å². The average Bonchev–Trinajstić information content (AvgIpc) is 1.62. The Morgan fingerprint density at radius 3 is 1.88 bits per heavy atom. The molecule has 0 spiro atoms. The van der Waals surface area contributed by atoms with Gasteiger partial charge in [0.05, 0.1) is 0 Å². The van der Waals surface area contributed by atoms with Crippen LogP contribution in [0.25, 0.3) is 0 Å². The van der Waals surface area contributed by atoms with Crippen LogP contribution in [0.1, 0.15) is 6.92 Å². The van der Waals surface area contributed by atoms with E-state index in [4.69, 9.17) is 26.9 Å². The third-order valence-electron chi connectivity index (χ3n) is 0.574. The van der Waals surface area contributed by atoms with Gasteiger partial charge >= 0.3 is 5.97 Å². The first-order valence-electron chi connectivity index (χ1n) is 1.98. The highest BCUT2D eigenvalue weighted by molar-refractivity contribution is 6.30. The van der Waals surface area contributed by atoms with Gasteiger partial charge in [0.15, 0.2) is 0 Å². The molecule has 0 bridgehead atoms. The summed E-state index contributed by atoms with van der Waals surface area (Å²) in [5.74, 6) is -2.86. The molecule has 0 aromatic carbocycles. The molecule has 0 aromatic heterocycles. The summed E-state index contributed by atoms with van der Waals surface area (Å²) in [5, 5.41) is 24.2. The van der Waals surface area contributed by atoms with Gasteiger partial charge in [-0.15, -0.1) is 0 Å². The second-order valence-corrected chi connectivity index (χ2v) is 1.68. The molecule has 3 N–H and O–H groups in total. The zero-order chi connectivity index (χ0) is 6.78. The van der Waals surface area contributed by atoms with Crippen molar-refractivity contribution >= 4 is 11.6 Å². The summed E-state index contributed by atoms with van der Waals surface area (Å²) >= 11 is 5.05. The first-order valence-corrected chi connectivity index (χ1v) is 2.35. The molecule has 0 aliphatic heterocycles. The highest BCUT2D eigenvalue weighted by atomic mass is 35.5. The van der Waals surface area contributed by atoms with Crippen LogP contribution in [0.4, 0.5) is 0 Å². The molecule has 0 heterocycles. The van der Waals surface area contributed by atoms with Crippen molar-refractivity contribution < 1.29 is 15.3 Å². The predicted octanol–water partition coefficient (Wildman–Crippen LogP) is -0.240. The minimum atomic E-state index is -2.86. The summed E-state index contributed by atoms with van der Waals surface area (Å²) in [7, 11) is 0. The lowest BCUT2D eigenvalue weighted by molar-refractivity contribution is -0.277. The predicted molar refractivity (Wildman–Crippen MR) is 29.0 cm³/mol. The molecule has 0 aliphatic rings. The zero-order valence-corrected chi connectivity index (χ0v) is 5.05. The van der Waals surface area contributed by atoms with Gasteiger partial charge in [-0.05, 0) is 6.92 Å². The number of rotatable bonds is 1. The van der Waals surface area contributed by atoms with Gasteiger partial charge < -0.3 is 15.3 Å². The summed E-state index contributed by atoms with van der Waals surface area (Å²) in [5.41, 5.74) is 0. The number of hydrogen-bond acceptors (Lipinski definition) is 3. The van der Waals surface area contributed by atoms with E-state index in [0.29, 0.717) is 0 Å². The topological polar surface area (TPSA) is 60.7 Å². The van der Waals surface area contributed by atoms with Gasteiger partial charge in [-0.1, -0.05) is 17.7 Å². The Morgan fingerprint density at radius 2 is 1.88 bits per heavy atom. The maximum atomic E-state index is 8.20. The Kier molecular flexibility index (Phi) is 2.43. The zero-order valence-electron chi connectivity index (χ0n) is 4.30. The van der Waals surface area contributed by atoms with E-state index in [1.165, 1.54) is 13.0 Å². The summed E-state index contributed by atoms with van der Waals surface area (Å²) in [6.07, 6.45) is 1.18. The lowest BCUT2D eigenvalue weighted by Gasteiger charge is -2.10. The Labute approximate surface area is 51.8 Å². The molecule has 0 rings (SSSR count). The van der Waals surface area contributed by atoms with Crippen LogP contribution in [-0.4, -0.2) is 21.3 Å². The highest BCUT2D eigenvalue weighted by Gasteiger charge is 2.21. The Hall–Kier alpha value is -0.0900. The van der Waals surface area contributed by atoms with Gasteiger partial charge in [0.25, 0.3) is 0 Å². The molecule has 8 heavy (non-hydrogen) atoms. The van der Waals surface area contributed by atoms with Crippen molar-refractivity contribution in [1.29, 1.82) is 0 Å². The minimum Gasteiger partial charge on any atom is -0.339 e. The van der Waals surface area contributed by atoms with Crippen molar-refractivity contribution in [3.05, 3.63) is 11.1 Å². The molecule has 0 atom stereocenters. The molecule has 0 aromatic rings. The van der Waals surface area contributed by atoms with Crippen molar-refractivity contribution in [2.24, 2.45) is 0 Å². The number of aliphatic hydroxyl groups is 3. The SMILES string of the molecule is C/C=C(\Cl)C(O)(O)O. The highest BCUT2D eigenvalue weighted by Crippen LogP contribution is 2.12. The fourth-order valence-corrected chi connectivity index (χ4v) is 0.194. The van der Waals surface area contributed by atoms with Crippen LogP contribution >= 0.6 is 11.6 Å². The van der Waals surface area contributed by atoms with E-state index < -0.39 is 11.0 Å². The minimum absolute atomic E-state index is 0.405. The fraction of sp³-hybridized carbons (Fsp3) is 0.500. The molecular weight excluding hydrogens is 131 g/mol. The molecule has 0 fully saturated rings. The summed E-state index contributed by atoms with van der Waals surface area (Å²) < 4.78 is 0. The van der Waals surface area contributed by atoms with Crippen molar-refractivity contribution in [2.75, 3.05) is 0 Å². The maximum absolute atomic E-state index is 8.20. The van der Waals surface area contributed by atoms with Gasteiger partial charge in [0.2, 0.25) is 0 Å². The van der Waals surface area contributed by atoms with Crippen LogP contribution in [-0.2, 0) is 0 Å². The van der Waals surface area contributed by atoms with Gasteiger partial charge in [0.1, 0.15) is 5.03 Å². The Morgan fingerprint density at radius 1 is 1.50 bits per heavy atom. The van der Waals surface area contributed by atoms with Crippen molar-refractivity contribution in [3.8, 4) is 0 Å². The molecule has 0 radical (unpaired) electrons. The summed E-state index contributed by atoms with van der Waals surface area (Å²) in [4.78, 5) is 0. The molecule has 0 unspecified atom stereocenters. The van der Waals surface area contributed by atoms with Crippen LogP contribution in [0.15, 0.2) is 11.1 Å². The summed E-state index contributed by atoms with van der Waals surface area (Å²) in [6, 6.07) is 0. The van der Waals surface area contributed by atoms with Crippen molar-refractivity contribution in [1.82, 2.24) is 0 Å². The van der Waals surface area contributed by atoms with Gasteiger partial charge in [-0.2, -0.15) is 0 Å². The molecule has 0 saturated heterocycles. The van der Waals surface area contributed by atoms with Gasteiger partial charge in [0, 0.05) is 0 Å². The second-order valence-electron chi connectivity index (χ2n) is 1.27. The van der Waals surface area contributed by atoms with Crippen LogP contribution in [0, 0.1) is 0 Å². The average molecular weight is 139 g/mol. The van der Waals surface area contributed by atoms with E-state index in [-0.39, 0.29) is 0 Å². The van der Waals surface area contributed by atoms with Crippen LogP contribution in [0.2, 0.25) is 0 Å². The van der Waals surface area contributed by atoms with E-state index >= 15 is 0 Å². The number of halogens is 1. The molecule has 3 nitrogen and oxygen atoms in total. The molecule has 0 amide bonds. The fourth-order valence-electron chi connectivity index (χ4n) is 0.194. The standard InChI is InChI=1S/C4H7ClO3/c1-2-3(5)4(6,7)8/h2,6-8H,1H3/b3-2-. The van der Waals surface area contributed by atoms with E-state index in [1.807, 2.05) is 0 Å². The van der Waals surface area contributed by atoms with Crippen LogP contribution in [0.3, 0.4) is 0 Å². The van der Waals surface area contributed by atoms with E-state index in [1.54, 1.807) is 0 Å². The number of hydrogen-bond donors (Lipinski definition) is 3. The normalized spacial score (nSPS) is 14.4. The lowest BCUT2D eigenvalue weighted by atomic mass is 10.5. The molecule has 0 aliphatic carbocycles. The van der Waals surface area contributed by atoms with E-state index in [0.717, 1.165) is 0 Å². The molecular formula is C4H7ClO3. The molecule has 0 saturated carbocycles. The molecule has 48 valence electrons. The molecule has 4 heteroatoms. The van der Waals surface area contributed by atoms with Gasteiger partial charge in [-0.25, -0.2) is 0 Å². The monoisotopic (exact) mass is 138 g/mol. The van der Waals surface area contributed by atoms with Crippen molar-refractivity contribution in [3.63, 3.8) is 0 Å². The van der Waals surface area contributed by atoms with Crippen LogP contribution in [0.5, 0.6) is 0 Å².